The summed E-state index contributed by atoms with van der Waals surface area (Å²) in [5, 5.41) is 0. The molecule has 0 saturated heterocycles. The summed E-state index contributed by atoms with van der Waals surface area (Å²) >= 11 is 0. The van der Waals surface area contributed by atoms with Crippen LogP contribution in [0.2, 0.25) is 0 Å². The third-order valence-electron chi connectivity index (χ3n) is 5.12. The van der Waals surface area contributed by atoms with Crippen molar-refractivity contribution in [2.75, 3.05) is 14.2 Å². The highest BCUT2D eigenvalue weighted by Gasteiger charge is 2.34. The number of nitrogens with zero attached hydrogens (tertiary/aromatic N) is 2. The van der Waals surface area contributed by atoms with Gasteiger partial charge in [-0.05, 0) is 61.1 Å². The Kier molecular flexibility index (Phi) is 4.26. The highest BCUT2D eigenvalue weighted by molar-refractivity contribution is 6.16. The normalized spacial score (nSPS) is 23.4. The van der Waals surface area contributed by atoms with Gasteiger partial charge in [0, 0.05) is 29.6 Å². The Morgan fingerprint density at radius 3 is 2.80 bits per heavy atom. The number of pyridine rings is 1. The average Bonchev–Trinajstić information content (AvgIpc) is 3.07. The van der Waals surface area contributed by atoms with Crippen LogP contribution < -0.4 is 9.47 Å². The third kappa shape index (κ3) is 3.04. The van der Waals surface area contributed by atoms with E-state index in [4.69, 9.17) is 14.5 Å². The lowest BCUT2D eigenvalue weighted by Crippen LogP contribution is -2.20. The first-order valence-electron chi connectivity index (χ1n) is 8.70. The molecule has 2 atom stereocenters. The van der Waals surface area contributed by atoms with Crippen molar-refractivity contribution in [1.29, 1.82) is 0 Å². The molecule has 0 N–H and O–H groups in total. The lowest BCUT2D eigenvalue weighted by Gasteiger charge is -2.23. The molecule has 4 nitrogen and oxygen atoms in total. The zero-order valence-corrected chi connectivity index (χ0v) is 14.6. The van der Waals surface area contributed by atoms with Crippen LogP contribution in [0.4, 0.5) is 0 Å². The number of aliphatic imine (C=N–C) groups is 1. The summed E-state index contributed by atoms with van der Waals surface area (Å²) in [7, 11) is 3.36. The van der Waals surface area contributed by atoms with Crippen molar-refractivity contribution in [2.45, 2.75) is 25.3 Å². The molecule has 1 saturated carbocycles. The Morgan fingerprint density at radius 1 is 1.12 bits per heavy atom. The van der Waals surface area contributed by atoms with Crippen molar-refractivity contribution in [3.8, 4) is 11.5 Å². The van der Waals surface area contributed by atoms with Crippen LogP contribution in [-0.4, -0.2) is 31.0 Å². The van der Waals surface area contributed by atoms with Crippen LogP contribution in [0, 0.1) is 5.92 Å². The molecule has 2 aromatic rings. The van der Waals surface area contributed by atoms with Gasteiger partial charge in [-0.15, -0.1) is 0 Å². The quantitative estimate of drug-likeness (QED) is 0.843. The van der Waals surface area contributed by atoms with Gasteiger partial charge in [0.25, 0.3) is 0 Å². The van der Waals surface area contributed by atoms with Gasteiger partial charge in [-0.3, -0.25) is 9.98 Å². The first kappa shape index (κ1) is 15.9. The van der Waals surface area contributed by atoms with Gasteiger partial charge in [0.15, 0.2) is 0 Å². The molecule has 4 rings (SSSR count). The summed E-state index contributed by atoms with van der Waals surface area (Å²) in [6.07, 6.45) is 9.46. The van der Waals surface area contributed by atoms with Gasteiger partial charge in [-0.25, -0.2) is 0 Å². The van der Waals surface area contributed by atoms with Crippen molar-refractivity contribution in [3.05, 3.63) is 59.4 Å². The number of benzene rings is 1. The zero-order chi connectivity index (χ0) is 17.2. The van der Waals surface area contributed by atoms with Crippen molar-refractivity contribution in [3.63, 3.8) is 0 Å². The van der Waals surface area contributed by atoms with Crippen LogP contribution in [0.5, 0.6) is 11.5 Å². The Balaban J connectivity index is 1.80. The highest BCUT2D eigenvalue weighted by Crippen LogP contribution is 2.41. The fraction of sp³-hybridized carbons (Fsp3) is 0.333. The summed E-state index contributed by atoms with van der Waals surface area (Å²) in [4.78, 5) is 9.30. The van der Waals surface area contributed by atoms with Crippen LogP contribution in [0.1, 0.15) is 30.4 Å². The van der Waals surface area contributed by atoms with E-state index in [1.807, 2.05) is 30.5 Å². The zero-order valence-electron chi connectivity index (χ0n) is 14.6. The predicted molar refractivity (Wildman–Crippen MR) is 99.4 cm³/mol. The Morgan fingerprint density at radius 2 is 2.04 bits per heavy atom. The second-order valence-electron chi connectivity index (χ2n) is 6.59. The fourth-order valence-corrected chi connectivity index (χ4v) is 3.84. The summed E-state index contributed by atoms with van der Waals surface area (Å²) in [5.74, 6) is 2.17. The van der Waals surface area contributed by atoms with E-state index in [1.54, 1.807) is 20.4 Å². The molecule has 1 fully saturated rings. The van der Waals surface area contributed by atoms with Crippen molar-refractivity contribution in [1.82, 2.24) is 4.98 Å². The molecule has 0 unspecified atom stereocenters. The number of aromatic nitrogens is 1. The minimum absolute atomic E-state index is 0.454. The van der Waals surface area contributed by atoms with E-state index in [0.717, 1.165) is 34.8 Å². The minimum Gasteiger partial charge on any atom is -0.497 e. The maximum absolute atomic E-state index is 5.57. The number of hydrogen-bond acceptors (Lipinski definition) is 4. The van der Waals surface area contributed by atoms with E-state index in [0.29, 0.717) is 12.0 Å². The molecule has 0 spiro atoms. The molecule has 1 aromatic heterocycles. The maximum atomic E-state index is 5.57. The fourth-order valence-electron chi connectivity index (χ4n) is 3.84. The standard InChI is InChI=1S/C21H22N2O2/c1-24-18-8-6-15(20(12-18)25-2)11-19-14-5-7-17(10-14)23-21(19)16-4-3-9-22-13-16/h3-4,6,8-9,11-14,17H,5,7,10H2,1-2H3/t14-,17+/m1/s1. The molecule has 2 aliphatic rings. The molecule has 25 heavy (non-hydrogen) atoms. The monoisotopic (exact) mass is 334 g/mol. The second-order valence-corrected chi connectivity index (χ2v) is 6.59. The van der Waals surface area contributed by atoms with E-state index in [2.05, 4.69) is 17.1 Å². The molecule has 2 heterocycles. The van der Waals surface area contributed by atoms with Crippen LogP contribution >= 0.6 is 0 Å². The van der Waals surface area contributed by atoms with Gasteiger partial charge in [-0.1, -0.05) is 0 Å². The summed E-state index contributed by atoms with van der Waals surface area (Å²) in [5.41, 5.74) is 4.54. The molecular weight excluding hydrogens is 312 g/mol. The Labute approximate surface area is 148 Å². The molecule has 4 heteroatoms. The first-order chi connectivity index (χ1) is 12.3. The minimum atomic E-state index is 0.454. The smallest absolute Gasteiger partial charge is 0.129 e. The molecule has 0 amide bonds. The van der Waals surface area contributed by atoms with Crippen molar-refractivity contribution < 1.29 is 9.47 Å². The third-order valence-corrected chi connectivity index (χ3v) is 5.12. The molecule has 1 aromatic carbocycles. The van der Waals surface area contributed by atoms with Gasteiger partial charge >= 0.3 is 0 Å². The second kappa shape index (κ2) is 6.71. The largest absolute Gasteiger partial charge is 0.497 e. The molecule has 2 bridgehead atoms. The number of fused-ring (bicyclic) bond motifs is 2. The van der Waals surface area contributed by atoms with Crippen LogP contribution in [0.25, 0.3) is 6.08 Å². The van der Waals surface area contributed by atoms with Crippen LogP contribution in [-0.2, 0) is 0 Å². The van der Waals surface area contributed by atoms with Gasteiger partial charge in [0.05, 0.1) is 26.0 Å². The van der Waals surface area contributed by atoms with Crippen LogP contribution in [0.15, 0.2) is 53.3 Å². The number of methoxy groups -OCH3 is 2. The summed E-state index contributed by atoms with van der Waals surface area (Å²) in [6, 6.07) is 10.5. The number of ether oxygens (including phenoxy) is 2. The number of allylic oxidation sites excluding steroid dienone is 1. The van der Waals surface area contributed by atoms with Crippen molar-refractivity contribution in [2.24, 2.45) is 10.9 Å². The number of hydrogen-bond donors (Lipinski definition) is 0. The lowest BCUT2D eigenvalue weighted by atomic mass is 9.86. The van der Waals surface area contributed by atoms with Gasteiger partial charge in [0.2, 0.25) is 0 Å². The average molecular weight is 334 g/mol. The van der Waals surface area contributed by atoms with E-state index in [-0.39, 0.29) is 0 Å². The first-order valence-corrected chi connectivity index (χ1v) is 8.70. The molecular formula is C21H22N2O2. The van der Waals surface area contributed by atoms with Gasteiger partial charge in [-0.2, -0.15) is 0 Å². The van der Waals surface area contributed by atoms with E-state index in [9.17, 15) is 0 Å². The van der Waals surface area contributed by atoms with Crippen LogP contribution in [0.3, 0.4) is 0 Å². The topological polar surface area (TPSA) is 43.7 Å². The summed E-state index contributed by atoms with van der Waals surface area (Å²) < 4.78 is 10.9. The van der Waals surface area contributed by atoms with Gasteiger partial charge in [0.1, 0.15) is 11.5 Å². The number of rotatable bonds is 4. The highest BCUT2D eigenvalue weighted by atomic mass is 16.5. The Bertz CT molecular complexity index is 827. The molecule has 0 radical (unpaired) electrons. The van der Waals surface area contributed by atoms with E-state index in [1.165, 1.54) is 18.4 Å². The molecule has 128 valence electrons. The van der Waals surface area contributed by atoms with E-state index >= 15 is 0 Å². The molecule has 1 aliphatic carbocycles. The predicted octanol–water partition coefficient (Wildman–Crippen LogP) is 4.15. The SMILES string of the molecule is COc1ccc(C=C2C(c3cccnc3)=N[C@H]3CC[C@@H]2C3)c(OC)c1. The van der Waals surface area contributed by atoms with Gasteiger partial charge < -0.3 is 9.47 Å². The molecule has 1 aliphatic heterocycles. The Hall–Kier alpha value is -2.62. The lowest BCUT2D eigenvalue weighted by molar-refractivity contribution is 0.393. The van der Waals surface area contributed by atoms with Crippen molar-refractivity contribution >= 4 is 11.8 Å². The maximum Gasteiger partial charge on any atom is 0.129 e. The summed E-state index contributed by atoms with van der Waals surface area (Å²) in [6.45, 7) is 0. The van der Waals surface area contributed by atoms with E-state index < -0.39 is 0 Å².